The summed E-state index contributed by atoms with van der Waals surface area (Å²) in [5.41, 5.74) is 2.24. The predicted molar refractivity (Wildman–Crippen MR) is 112 cm³/mol. The van der Waals surface area contributed by atoms with Crippen LogP contribution in [-0.2, 0) is 24.0 Å². The number of fused-ring (bicyclic) bond motifs is 1. The van der Waals surface area contributed by atoms with E-state index in [-0.39, 0.29) is 18.9 Å². The third kappa shape index (κ3) is 4.45. The van der Waals surface area contributed by atoms with Gasteiger partial charge in [0.25, 0.3) is 0 Å². The second-order valence-electron chi connectivity index (χ2n) is 7.13. The Labute approximate surface area is 184 Å². The molecule has 2 aromatic heterocycles. The molecule has 6 nitrogen and oxygen atoms in total. The molecule has 4 rings (SSSR count). The molecule has 0 saturated carbocycles. The average Bonchev–Trinajstić information content (AvgIpc) is 3.29. The molecule has 0 aliphatic rings. The monoisotopic (exact) mass is 462 g/mol. The molecule has 2 aromatic carbocycles. The van der Waals surface area contributed by atoms with Gasteiger partial charge in [-0.15, -0.1) is 11.3 Å². The summed E-state index contributed by atoms with van der Waals surface area (Å²) in [5.74, 6) is -0.510. The standard InChI is InChI=1S/C22H17F3N2O4S/c1-11-3-8-15-20(31-17(27-15)9-18(28)29)19(11)30-10-16-12(2)26-21(32-16)13-4-6-14(7-5-13)22(23,24)25/h3-8H,9-10H2,1-2H3,(H,28,29). The smallest absolute Gasteiger partial charge is 0.416 e. The van der Waals surface area contributed by atoms with Crippen LogP contribution >= 0.6 is 11.3 Å². The van der Waals surface area contributed by atoms with Gasteiger partial charge in [-0.3, -0.25) is 4.79 Å². The molecule has 0 aliphatic carbocycles. The van der Waals surface area contributed by atoms with Gasteiger partial charge >= 0.3 is 12.1 Å². The lowest BCUT2D eigenvalue weighted by Crippen LogP contribution is -2.03. The maximum Gasteiger partial charge on any atom is 0.416 e. The molecule has 32 heavy (non-hydrogen) atoms. The van der Waals surface area contributed by atoms with Gasteiger partial charge in [-0.25, -0.2) is 9.97 Å². The van der Waals surface area contributed by atoms with Crippen molar-refractivity contribution in [2.24, 2.45) is 0 Å². The molecule has 10 heteroatoms. The third-order valence-electron chi connectivity index (χ3n) is 4.76. The largest absolute Gasteiger partial charge is 0.484 e. The van der Waals surface area contributed by atoms with Crippen LogP contribution < -0.4 is 4.74 Å². The molecule has 166 valence electrons. The molecule has 0 fully saturated rings. The number of benzene rings is 2. The van der Waals surface area contributed by atoms with E-state index in [0.29, 0.717) is 33.1 Å². The molecule has 2 heterocycles. The van der Waals surface area contributed by atoms with Crippen molar-refractivity contribution in [2.45, 2.75) is 33.1 Å². The number of carboxylic acid groups (broad SMARTS) is 1. The van der Waals surface area contributed by atoms with Crippen LogP contribution in [0, 0.1) is 13.8 Å². The van der Waals surface area contributed by atoms with Crippen LogP contribution in [0.5, 0.6) is 5.75 Å². The van der Waals surface area contributed by atoms with E-state index in [1.54, 1.807) is 19.1 Å². The Kier molecular flexibility index (Phi) is 5.64. The summed E-state index contributed by atoms with van der Waals surface area (Å²) in [7, 11) is 0. The van der Waals surface area contributed by atoms with Gasteiger partial charge in [0.15, 0.2) is 11.3 Å². The number of thiazole rings is 1. The molecule has 1 N–H and O–H groups in total. The van der Waals surface area contributed by atoms with E-state index >= 15 is 0 Å². The minimum Gasteiger partial charge on any atom is -0.484 e. The van der Waals surface area contributed by atoms with Gasteiger partial charge in [0.2, 0.25) is 5.89 Å². The normalized spacial score (nSPS) is 11.8. The van der Waals surface area contributed by atoms with Crippen LogP contribution in [-0.4, -0.2) is 21.0 Å². The Hall–Kier alpha value is -3.40. The van der Waals surface area contributed by atoms with E-state index in [9.17, 15) is 18.0 Å². The number of halogens is 3. The molecular weight excluding hydrogens is 445 g/mol. The van der Waals surface area contributed by atoms with Crippen LogP contribution in [0.3, 0.4) is 0 Å². The molecule has 4 aromatic rings. The van der Waals surface area contributed by atoms with E-state index in [1.165, 1.54) is 23.5 Å². The highest BCUT2D eigenvalue weighted by Gasteiger charge is 2.30. The highest BCUT2D eigenvalue weighted by Crippen LogP contribution is 2.35. The van der Waals surface area contributed by atoms with Gasteiger partial charge in [-0.1, -0.05) is 18.2 Å². The Bertz CT molecular complexity index is 1290. The summed E-state index contributed by atoms with van der Waals surface area (Å²) >= 11 is 1.33. The summed E-state index contributed by atoms with van der Waals surface area (Å²) in [6.07, 6.45) is -4.72. The molecule has 0 unspecified atom stereocenters. The highest BCUT2D eigenvalue weighted by atomic mass is 32.1. The maximum atomic E-state index is 12.8. The fourth-order valence-electron chi connectivity index (χ4n) is 3.12. The van der Waals surface area contributed by atoms with Crippen LogP contribution in [0.25, 0.3) is 21.7 Å². The number of aliphatic carboxylic acids is 1. The SMILES string of the molecule is Cc1ccc2nc(CC(=O)O)oc2c1OCc1sc(-c2ccc(C(F)(F)F)cc2)nc1C. The number of aromatic nitrogens is 2. The first-order chi connectivity index (χ1) is 15.1. The third-order valence-corrected chi connectivity index (χ3v) is 5.94. The first-order valence-electron chi connectivity index (χ1n) is 9.49. The fraction of sp³-hybridized carbons (Fsp3) is 0.227. The minimum atomic E-state index is -4.39. The maximum absolute atomic E-state index is 12.8. The molecular formula is C22H17F3N2O4S. The lowest BCUT2D eigenvalue weighted by Gasteiger charge is -2.08. The number of aryl methyl sites for hydroxylation is 2. The van der Waals surface area contributed by atoms with Crippen molar-refractivity contribution < 1.29 is 32.2 Å². The Morgan fingerprint density at radius 2 is 1.84 bits per heavy atom. The number of hydrogen-bond donors (Lipinski definition) is 1. The zero-order valence-electron chi connectivity index (χ0n) is 17.0. The lowest BCUT2D eigenvalue weighted by molar-refractivity contribution is -0.138. The van der Waals surface area contributed by atoms with Crippen molar-refractivity contribution in [1.82, 2.24) is 9.97 Å². The number of nitrogens with zero attached hydrogens (tertiary/aromatic N) is 2. The predicted octanol–water partition coefficient (Wildman–Crippen LogP) is 5.79. The number of carbonyl (C=O) groups is 1. The van der Waals surface area contributed by atoms with E-state index in [0.717, 1.165) is 22.6 Å². The zero-order valence-corrected chi connectivity index (χ0v) is 17.8. The van der Waals surface area contributed by atoms with E-state index in [4.69, 9.17) is 14.3 Å². The molecule has 0 saturated heterocycles. The lowest BCUT2D eigenvalue weighted by atomic mass is 10.1. The number of rotatable bonds is 6. The Balaban J connectivity index is 1.57. The van der Waals surface area contributed by atoms with Gasteiger partial charge < -0.3 is 14.3 Å². The summed E-state index contributed by atoms with van der Waals surface area (Å²) < 4.78 is 50.0. The van der Waals surface area contributed by atoms with Crippen LogP contribution in [0.2, 0.25) is 0 Å². The van der Waals surface area contributed by atoms with E-state index in [1.807, 2.05) is 6.92 Å². The molecule has 0 radical (unpaired) electrons. The number of hydrogen-bond acceptors (Lipinski definition) is 6. The Morgan fingerprint density at radius 3 is 2.50 bits per heavy atom. The molecule has 0 amide bonds. The van der Waals surface area contributed by atoms with Gasteiger partial charge in [0.1, 0.15) is 23.6 Å². The summed E-state index contributed by atoms with van der Waals surface area (Å²) in [5, 5.41) is 9.55. The molecule has 0 aliphatic heterocycles. The van der Waals surface area contributed by atoms with Gasteiger partial charge in [-0.2, -0.15) is 13.2 Å². The van der Waals surface area contributed by atoms with Crippen LogP contribution in [0.1, 0.15) is 27.6 Å². The quantitative estimate of drug-likeness (QED) is 0.390. The molecule has 0 atom stereocenters. The van der Waals surface area contributed by atoms with Gasteiger partial charge in [-0.05, 0) is 37.6 Å². The van der Waals surface area contributed by atoms with Crippen molar-refractivity contribution in [3.05, 3.63) is 64.0 Å². The zero-order chi connectivity index (χ0) is 23.0. The summed E-state index contributed by atoms with van der Waals surface area (Å²) in [6.45, 7) is 3.80. The minimum absolute atomic E-state index is 0.0847. The Morgan fingerprint density at radius 1 is 1.12 bits per heavy atom. The number of ether oxygens (including phenoxy) is 1. The second-order valence-corrected chi connectivity index (χ2v) is 8.21. The number of carboxylic acids is 1. The summed E-state index contributed by atoms with van der Waals surface area (Å²) in [6, 6.07) is 8.39. The van der Waals surface area contributed by atoms with Crippen molar-refractivity contribution in [2.75, 3.05) is 0 Å². The highest BCUT2D eigenvalue weighted by molar-refractivity contribution is 7.15. The number of oxazole rings is 1. The average molecular weight is 462 g/mol. The summed E-state index contributed by atoms with van der Waals surface area (Å²) in [4.78, 5) is 20.4. The molecule has 0 bridgehead atoms. The van der Waals surface area contributed by atoms with Gasteiger partial charge in [0.05, 0.1) is 16.1 Å². The van der Waals surface area contributed by atoms with Gasteiger partial charge in [0, 0.05) is 5.56 Å². The van der Waals surface area contributed by atoms with Crippen molar-refractivity contribution in [3.8, 4) is 16.3 Å². The van der Waals surface area contributed by atoms with Crippen LogP contribution in [0.15, 0.2) is 40.8 Å². The first kappa shape index (κ1) is 21.8. The van der Waals surface area contributed by atoms with E-state index < -0.39 is 17.7 Å². The van der Waals surface area contributed by atoms with Crippen molar-refractivity contribution in [1.29, 1.82) is 0 Å². The molecule has 0 spiro atoms. The second kappa shape index (κ2) is 8.27. The number of alkyl halides is 3. The van der Waals surface area contributed by atoms with Crippen molar-refractivity contribution in [3.63, 3.8) is 0 Å². The van der Waals surface area contributed by atoms with Crippen molar-refractivity contribution >= 4 is 28.4 Å². The fourth-order valence-corrected chi connectivity index (χ4v) is 4.10. The topological polar surface area (TPSA) is 85.5 Å². The van der Waals surface area contributed by atoms with Crippen LogP contribution in [0.4, 0.5) is 13.2 Å². The first-order valence-corrected chi connectivity index (χ1v) is 10.3. The van der Waals surface area contributed by atoms with E-state index in [2.05, 4.69) is 9.97 Å².